The normalized spacial score (nSPS) is 9.31. The lowest BCUT2D eigenvalue weighted by atomic mass is 10.4. The lowest BCUT2D eigenvalue weighted by molar-refractivity contribution is 0.303. The number of anilines is 1. The van der Waals surface area contributed by atoms with Gasteiger partial charge in [-0.1, -0.05) is 0 Å². The van der Waals surface area contributed by atoms with E-state index >= 15 is 0 Å². The van der Waals surface area contributed by atoms with Crippen LogP contribution in [0.3, 0.4) is 0 Å². The van der Waals surface area contributed by atoms with E-state index in [9.17, 15) is 0 Å². The van der Waals surface area contributed by atoms with Crippen LogP contribution in [0.25, 0.3) is 0 Å². The Morgan fingerprint density at radius 2 is 2.31 bits per heavy atom. The van der Waals surface area contributed by atoms with Crippen molar-refractivity contribution in [1.82, 2.24) is 10.2 Å². The summed E-state index contributed by atoms with van der Waals surface area (Å²) < 4.78 is 0. The molecule has 0 aliphatic rings. The van der Waals surface area contributed by atoms with Crippen molar-refractivity contribution in [1.29, 1.82) is 5.26 Å². The van der Waals surface area contributed by atoms with Crippen LogP contribution in [0.4, 0.5) is 5.82 Å². The second kappa shape index (κ2) is 4.38. The largest absolute Gasteiger partial charge is 0.395 e. The molecule has 13 heavy (non-hydrogen) atoms. The zero-order chi connectivity index (χ0) is 9.68. The van der Waals surface area contributed by atoms with Gasteiger partial charge in [0.1, 0.15) is 6.07 Å². The highest BCUT2D eigenvalue weighted by molar-refractivity contribution is 5.37. The minimum atomic E-state index is 0.0676. The third-order valence-corrected chi connectivity index (χ3v) is 1.59. The molecule has 1 rings (SSSR count). The molecule has 0 bridgehead atoms. The van der Waals surface area contributed by atoms with Gasteiger partial charge in [0.25, 0.3) is 0 Å². The Labute approximate surface area is 76.2 Å². The molecule has 0 aliphatic carbocycles. The first-order chi connectivity index (χ1) is 6.27. The maximum atomic E-state index is 8.66. The Kier molecular flexibility index (Phi) is 3.17. The van der Waals surface area contributed by atoms with Crippen molar-refractivity contribution in [3.05, 3.63) is 17.8 Å². The van der Waals surface area contributed by atoms with E-state index in [0.29, 0.717) is 18.1 Å². The molecular formula is C8H10N4O. The van der Waals surface area contributed by atoms with Gasteiger partial charge in [-0.3, -0.25) is 0 Å². The number of rotatable bonds is 3. The highest BCUT2D eigenvalue weighted by Crippen LogP contribution is 2.05. The summed E-state index contributed by atoms with van der Waals surface area (Å²) in [6, 6.07) is 5.17. The maximum Gasteiger partial charge on any atom is 0.163 e. The number of hydrogen-bond donors (Lipinski definition) is 1. The number of aromatic nitrogens is 2. The summed E-state index contributed by atoms with van der Waals surface area (Å²) in [4.78, 5) is 1.76. The summed E-state index contributed by atoms with van der Waals surface area (Å²) in [6.07, 6.45) is 0. The van der Waals surface area contributed by atoms with E-state index in [1.165, 1.54) is 0 Å². The summed E-state index contributed by atoms with van der Waals surface area (Å²) in [6.45, 7) is 0.568. The Morgan fingerprint density at radius 3 is 2.77 bits per heavy atom. The molecule has 1 aromatic rings. The zero-order valence-electron chi connectivity index (χ0n) is 7.30. The zero-order valence-corrected chi connectivity index (χ0v) is 7.30. The average molecular weight is 178 g/mol. The number of aliphatic hydroxyl groups excluding tert-OH is 1. The Hall–Kier alpha value is -1.67. The predicted molar refractivity (Wildman–Crippen MR) is 47.1 cm³/mol. The minimum Gasteiger partial charge on any atom is -0.395 e. The first kappa shape index (κ1) is 9.42. The lowest BCUT2D eigenvalue weighted by Gasteiger charge is -2.14. The van der Waals surface area contributed by atoms with Crippen molar-refractivity contribution < 1.29 is 5.11 Å². The number of hydrogen-bond acceptors (Lipinski definition) is 5. The van der Waals surface area contributed by atoms with Crippen LogP contribution >= 0.6 is 0 Å². The topological polar surface area (TPSA) is 73.0 Å². The molecule has 0 atom stereocenters. The van der Waals surface area contributed by atoms with E-state index in [-0.39, 0.29) is 6.61 Å². The monoisotopic (exact) mass is 178 g/mol. The highest BCUT2D eigenvalue weighted by Gasteiger charge is 2.01. The van der Waals surface area contributed by atoms with Gasteiger partial charge >= 0.3 is 0 Å². The summed E-state index contributed by atoms with van der Waals surface area (Å²) in [5.74, 6) is 0.646. The van der Waals surface area contributed by atoms with Crippen LogP contribution in [-0.4, -0.2) is 35.5 Å². The van der Waals surface area contributed by atoms with Crippen LogP contribution in [0, 0.1) is 11.3 Å². The standard InChI is InChI=1S/C8H10N4O/c1-12(4-5-13)8-3-2-7(6-9)10-11-8/h2-3,13H,4-5H2,1H3. The molecule has 1 N–H and O–H groups in total. The van der Waals surface area contributed by atoms with Gasteiger partial charge < -0.3 is 10.0 Å². The molecule has 1 aromatic heterocycles. The van der Waals surface area contributed by atoms with Gasteiger partial charge in [-0.05, 0) is 12.1 Å². The smallest absolute Gasteiger partial charge is 0.163 e. The van der Waals surface area contributed by atoms with Crippen molar-refractivity contribution in [2.75, 3.05) is 25.1 Å². The van der Waals surface area contributed by atoms with Crippen LogP contribution in [-0.2, 0) is 0 Å². The fourth-order valence-electron chi connectivity index (χ4n) is 0.853. The molecule has 0 radical (unpaired) electrons. The summed E-state index contributed by atoms with van der Waals surface area (Å²) >= 11 is 0. The summed E-state index contributed by atoms with van der Waals surface area (Å²) in [5.41, 5.74) is 0.293. The average Bonchev–Trinajstić information content (AvgIpc) is 2.18. The number of nitrogens with zero attached hydrogens (tertiary/aromatic N) is 4. The molecule has 0 aromatic carbocycles. The molecule has 0 aliphatic heterocycles. The van der Waals surface area contributed by atoms with Gasteiger partial charge in [-0.25, -0.2) is 0 Å². The molecule has 5 nitrogen and oxygen atoms in total. The molecule has 68 valence electrons. The van der Waals surface area contributed by atoms with Gasteiger partial charge in [0.15, 0.2) is 11.5 Å². The van der Waals surface area contributed by atoms with Crippen molar-refractivity contribution in [2.45, 2.75) is 0 Å². The highest BCUT2D eigenvalue weighted by atomic mass is 16.3. The van der Waals surface area contributed by atoms with Crippen LogP contribution < -0.4 is 4.90 Å². The molecule has 0 saturated heterocycles. The SMILES string of the molecule is CN(CCO)c1ccc(C#N)nn1. The number of aliphatic hydroxyl groups is 1. The van der Waals surface area contributed by atoms with Gasteiger partial charge in [0.2, 0.25) is 0 Å². The number of nitriles is 1. The van der Waals surface area contributed by atoms with Crippen molar-refractivity contribution >= 4 is 5.82 Å². The first-order valence-electron chi connectivity index (χ1n) is 3.83. The molecular weight excluding hydrogens is 168 g/mol. The van der Waals surface area contributed by atoms with E-state index < -0.39 is 0 Å². The maximum absolute atomic E-state index is 8.66. The molecule has 0 fully saturated rings. The first-order valence-corrected chi connectivity index (χ1v) is 3.83. The molecule has 0 amide bonds. The lowest BCUT2D eigenvalue weighted by Crippen LogP contribution is -2.22. The van der Waals surface area contributed by atoms with Crippen molar-refractivity contribution in [3.8, 4) is 6.07 Å². The van der Waals surface area contributed by atoms with Gasteiger partial charge in [0.05, 0.1) is 6.61 Å². The van der Waals surface area contributed by atoms with Gasteiger partial charge in [-0.15, -0.1) is 10.2 Å². The molecule has 5 heteroatoms. The van der Waals surface area contributed by atoms with Crippen LogP contribution in [0.15, 0.2) is 12.1 Å². The molecule has 1 heterocycles. The van der Waals surface area contributed by atoms with Crippen molar-refractivity contribution in [3.63, 3.8) is 0 Å². The van der Waals surface area contributed by atoms with Gasteiger partial charge in [0, 0.05) is 13.6 Å². The third-order valence-electron chi connectivity index (χ3n) is 1.59. The van der Waals surface area contributed by atoms with E-state index in [1.54, 1.807) is 24.1 Å². The molecule has 0 spiro atoms. The summed E-state index contributed by atoms with van der Waals surface area (Å²) in [7, 11) is 1.80. The van der Waals surface area contributed by atoms with Crippen molar-refractivity contribution in [2.24, 2.45) is 0 Å². The third kappa shape index (κ3) is 2.39. The van der Waals surface area contributed by atoms with Crippen LogP contribution in [0.1, 0.15) is 5.69 Å². The molecule has 0 unspecified atom stereocenters. The fraction of sp³-hybridized carbons (Fsp3) is 0.375. The number of likely N-dealkylation sites (N-methyl/N-ethyl adjacent to an activating group) is 1. The van der Waals surface area contributed by atoms with Crippen LogP contribution in [0.5, 0.6) is 0 Å². The molecule has 0 saturated carbocycles. The summed E-state index contributed by atoms with van der Waals surface area (Å²) in [5, 5.41) is 24.6. The second-order valence-electron chi connectivity index (χ2n) is 2.53. The van der Waals surface area contributed by atoms with E-state index in [1.807, 2.05) is 6.07 Å². The second-order valence-corrected chi connectivity index (χ2v) is 2.53. The minimum absolute atomic E-state index is 0.0676. The van der Waals surface area contributed by atoms with E-state index in [4.69, 9.17) is 10.4 Å². The quantitative estimate of drug-likeness (QED) is 0.692. The Morgan fingerprint density at radius 1 is 1.54 bits per heavy atom. The Balaban J connectivity index is 2.75. The predicted octanol–water partition coefficient (Wildman–Crippen LogP) is -0.223. The van der Waals surface area contributed by atoms with E-state index in [2.05, 4.69) is 10.2 Å². The van der Waals surface area contributed by atoms with Gasteiger partial charge in [-0.2, -0.15) is 5.26 Å². The van der Waals surface area contributed by atoms with Crippen LogP contribution in [0.2, 0.25) is 0 Å². The Bertz CT molecular complexity index is 303. The van der Waals surface area contributed by atoms with E-state index in [0.717, 1.165) is 0 Å². The fourth-order valence-corrected chi connectivity index (χ4v) is 0.853.